The number of thiophene rings is 1. The predicted molar refractivity (Wildman–Crippen MR) is 236 cm³/mol. The molecule has 0 saturated carbocycles. The van der Waals surface area contributed by atoms with Gasteiger partial charge in [-0.25, -0.2) is 15.0 Å². The molecule has 0 bridgehead atoms. The summed E-state index contributed by atoms with van der Waals surface area (Å²) >= 11 is 1.79. The molecule has 4 aromatic heterocycles. The minimum absolute atomic E-state index is 0.652. The van der Waals surface area contributed by atoms with Gasteiger partial charge in [-0.05, 0) is 42.0 Å². The smallest absolute Gasteiger partial charge is 0.164 e. The van der Waals surface area contributed by atoms with Gasteiger partial charge in [-0.15, -0.1) is 11.3 Å². The van der Waals surface area contributed by atoms with E-state index in [1.807, 2.05) is 60.7 Å². The van der Waals surface area contributed by atoms with Crippen molar-refractivity contribution >= 4 is 75.3 Å². The zero-order valence-electron chi connectivity index (χ0n) is 30.4. The molecular formula is C51H30N4OS. The van der Waals surface area contributed by atoms with E-state index in [0.29, 0.717) is 17.5 Å². The van der Waals surface area contributed by atoms with Gasteiger partial charge in [0.2, 0.25) is 0 Å². The topological polar surface area (TPSA) is 56.7 Å². The van der Waals surface area contributed by atoms with Crippen LogP contribution in [0.15, 0.2) is 186 Å². The molecule has 0 unspecified atom stereocenters. The molecule has 0 atom stereocenters. The van der Waals surface area contributed by atoms with Crippen molar-refractivity contribution in [3.8, 4) is 51.0 Å². The molecule has 0 radical (unpaired) electrons. The summed E-state index contributed by atoms with van der Waals surface area (Å²) in [6, 6.07) is 63.7. The van der Waals surface area contributed by atoms with Crippen molar-refractivity contribution in [2.45, 2.75) is 0 Å². The number of aromatic nitrogens is 4. The molecule has 0 aliphatic carbocycles. The van der Waals surface area contributed by atoms with Gasteiger partial charge < -0.3 is 8.98 Å². The van der Waals surface area contributed by atoms with E-state index >= 15 is 0 Å². The van der Waals surface area contributed by atoms with Crippen LogP contribution in [0.25, 0.3) is 115 Å². The number of hydrogen-bond acceptors (Lipinski definition) is 5. The number of nitrogens with zero attached hydrogens (tertiary/aromatic N) is 4. The predicted octanol–water partition coefficient (Wildman–Crippen LogP) is 13.9. The van der Waals surface area contributed by atoms with Crippen molar-refractivity contribution < 1.29 is 4.42 Å². The molecule has 266 valence electrons. The van der Waals surface area contributed by atoms with Crippen molar-refractivity contribution in [1.82, 2.24) is 19.5 Å². The number of rotatable bonds is 5. The molecule has 0 saturated heterocycles. The first-order valence-corrected chi connectivity index (χ1v) is 19.8. The molecule has 0 aliphatic rings. The van der Waals surface area contributed by atoms with Gasteiger partial charge in [-0.3, -0.25) is 0 Å². The first kappa shape index (κ1) is 31.9. The Labute approximate surface area is 330 Å². The molecule has 0 amide bonds. The van der Waals surface area contributed by atoms with Crippen molar-refractivity contribution in [2.75, 3.05) is 0 Å². The van der Waals surface area contributed by atoms with E-state index in [4.69, 9.17) is 19.4 Å². The third-order valence-electron chi connectivity index (χ3n) is 11.1. The van der Waals surface area contributed by atoms with Gasteiger partial charge >= 0.3 is 0 Å². The molecule has 0 N–H and O–H groups in total. The summed E-state index contributed by atoms with van der Waals surface area (Å²) in [6.45, 7) is 0. The summed E-state index contributed by atoms with van der Waals surface area (Å²) in [7, 11) is 0. The Morgan fingerprint density at radius 2 is 0.930 bits per heavy atom. The fourth-order valence-electron chi connectivity index (χ4n) is 8.41. The maximum absolute atomic E-state index is 6.98. The van der Waals surface area contributed by atoms with Crippen LogP contribution in [0.2, 0.25) is 0 Å². The highest BCUT2D eigenvalue weighted by atomic mass is 32.1. The lowest BCUT2D eigenvalue weighted by molar-refractivity contribution is 0.667. The molecule has 12 rings (SSSR count). The number of fused-ring (bicyclic) bond motifs is 9. The third kappa shape index (κ3) is 5.04. The zero-order chi connectivity index (χ0) is 37.5. The van der Waals surface area contributed by atoms with Crippen molar-refractivity contribution in [1.29, 1.82) is 0 Å². The highest BCUT2D eigenvalue weighted by molar-refractivity contribution is 7.25. The van der Waals surface area contributed by atoms with Crippen LogP contribution in [-0.2, 0) is 0 Å². The van der Waals surface area contributed by atoms with E-state index in [1.54, 1.807) is 11.3 Å². The van der Waals surface area contributed by atoms with Crippen LogP contribution in [0.4, 0.5) is 0 Å². The van der Waals surface area contributed by atoms with Crippen molar-refractivity contribution in [3.63, 3.8) is 0 Å². The van der Waals surface area contributed by atoms with Crippen LogP contribution in [0.1, 0.15) is 0 Å². The van der Waals surface area contributed by atoms with Gasteiger partial charge in [0.1, 0.15) is 5.58 Å². The Kier molecular flexibility index (Phi) is 7.03. The maximum Gasteiger partial charge on any atom is 0.164 e. The molecule has 6 heteroatoms. The Bertz CT molecular complexity index is 3420. The monoisotopic (exact) mass is 746 g/mol. The van der Waals surface area contributed by atoms with Gasteiger partial charge in [0.15, 0.2) is 23.1 Å². The molecule has 12 aromatic rings. The maximum atomic E-state index is 6.98. The highest BCUT2D eigenvalue weighted by Crippen LogP contribution is 2.43. The van der Waals surface area contributed by atoms with E-state index in [2.05, 4.69) is 126 Å². The minimum atomic E-state index is 0.652. The average molecular weight is 747 g/mol. The summed E-state index contributed by atoms with van der Waals surface area (Å²) in [5.41, 5.74) is 10.2. The number of para-hydroxylation sites is 4. The number of benzene rings is 8. The van der Waals surface area contributed by atoms with E-state index in [0.717, 1.165) is 66.5 Å². The van der Waals surface area contributed by atoms with Crippen LogP contribution in [0.5, 0.6) is 0 Å². The summed E-state index contributed by atoms with van der Waals surface area (Å²) in [4.78, 5) is 14.9. The third-order valence-corrected chi connectivity index (χ3v) is 12.2. The number of hydrogen-bond donors (Lipinski definition) is 0. The second-order valence-electron chi connectivity index (χ2n) is 14.4. The molecule has 8 aromatic carbocycles. The first-order chi connectivity index (χ1) is 28.2. The second-order valence-corrected chi connectivity index (χ2v) is 15.5. The lowest BCUT2D eigenvalue weighted by atomic mass is 10.00. The van der Waals surface area contributed by atoms with Gasteiger partial charge in [0, 0.05) is 64.0 Å². The quantitative estimate of drug-likeness (QED) is 0.176. The lowest BCUT2D eigenvalue weighted by Crippen LogP contribution is -1.99. The summed E-state index contributed by atoms with van der Waals surface area (Å²) in [5.74, 6) is 1.96. The lowest BCUT2D eigenvalue weighted by Gasteiger charge is -2.08. The summed E-state index contributed by atoms with van der Waals surface area (Å²) in [5, 5.41) is 7.08. The zero-order valence-corrected chi connectivity index (χ0v) is 31.2. The van der Waals surface area contributed by atoms with E-state index in [1.165, 1.54) is 30.9 Å². The Morgan fingerprint density at radius 1 is 0.368 bits per heavy atom. The SMILES string of the molecule is c1ccc(-c2nc(-c3ccccc3)nc(-c3ccc4c(c3)sc3ccc(-c5cccc6c5oc5c(-n7c8ccccc8c8ccccc87)cccc56)cc34)n2)cc1. The van der Waals surface area contributed by atoms with Crippen LogP contribution in [0.3, 0.4) is 0 Å². The second kappa shape index (κ2) is 12.6. The highest BCUT2D eigenvalue weighted by Gasteiger charge is 2.20. The Hall–Kier alpha value is -7.41. The standard InChI is InChI=1S/C51H30N4OS/c1-3-13-31(14-4-1)49-52-50(32-15-5-2-6-16-32)54-51(53-49)34-25-27-38-41-29-33(26-28-45(41)57-46(38)30-34)35-19-11-20-39-40-21-12-24-44(48(40)56-47(35)39)55-42-22-9-7-17-36(42)37-18-8-10-23-43(37)55/h1-30H. The van der Waals surface area contributed by atoms with Crippen LogP contribution in [-0.4, -0.2) is 19.5 Å². The van der Waals surface area contributed by atoms with Gasteiger partial charge in [-0.2, -0.15) is 0 Å². The molecule has 0 aliphatic heterocycles. The van der Waals surface area contributed by atoms with Crippen LogP contribution in [0, 0.1) is 0 Å². The molecule has 4 heterocycles. The molecule has 57 heavy (non-hydrogen) atoms. The fraction of sp³-hybridized carbons (Fsp3) is 0. The van der Waals surface area contributed by atoms with Crippen LogP contribution < -0.4 is 0 Å². The summed E-state index contributed by atoms with van der Waals surface area (Å²) < 4.78 is 11.7. The molecule has 0 fully saturated rings. The Morgan fingerprint density at radius 3 is 1.61 bits per heavy atom. The molecular weight excluding hydrogens is 717 g/mol. The molecule has 0 spiro atoms. The minimum Gasteiger partial charge on any atom is -0.453 e. The largest absolute Gasteiger partial charge is 0.453 e. The normalized spacial score (nSPS) is 11.9. The van der Waals surface area contributed by atoms with Crippen molar-refractivity contribution in [2.24, 2.45) is 0 Å². The van der Waals surface area contributed by atoms with E-state index in [-0.39, 0.29) is 0 Å². The van der Waals surface area contributed by atoms with Gasteiger partial charge in [0.05, 0.1) is 16.7 Å². The van der Waals surface area contributed by atoms with Crippen LogP contribution >= 0.6 is 11.3 Å². The van der Waals surface area contributed by atoms with E-state index < -0.39 is 0 Å². The summed E-state index contributed by atoms with van der Waals surface area (Å²) in [6.07, 6.45) is 0. The van der Waals surface area contributed by atoms with Crippen molar-refractivity contribution in [3.05, 3.63) is 182 Å². The van der Waals surface area contributed by atoms with Gasteiger partial charge in [0.25, 0.3) is 0 Å². The first-order valence-electron chi connectivity index (χ1n) is 19.0. The fourth-order valence-corrected chi connectivity index (χ4v) is 9.54. The molecule has 5 nitrogen and oxygen atoms in total. The average Bonchev–Trinajstić information content (AvgIpc) is 3.96. The van der Waals surface area contributed by atoms with E-state index in [9.17, 15) is 0 Å². The Balaban J connectivity index is 0.986. The van der Waals surface area contributed by atoms with Gasteiger partial charge in [-0.1, -0.05) is 146 Å². The number of furan rings is 1.